The Morgan fingerprint density at radius 1 is 1.27 bits per heavy atom. The lowest BCUT2D eigenvalue weighted by atomic mass is 10.0. The van der Waals surface area contributed by atoms with Crippen LogP contribution in [-0.2, 0) is 6.54 Å². The van der Waals surface area contributed by atoms with Gasteiger partial charge in [-0.25, -0.2) is 4.98 Å². The average molecular weight is 353 g/mol. The molecule has 3 aromatic rings. The van der Waals surface area contributed by atoms with E-state index in [1.54, 1.807) is 16.7 Å². The summed E-state index contributed by atoms with van der Waals surface area (Å²) in [5.41, 5.74) is 1.39. The van der Waals surface area contributed by atoms with Crippen LogP contribution in [0, 0.1) is 0 Å². The third-order valence-corrected chi connectivity index (χ3v) is 4.86. The summed E-state index contributed by atoms with van der Waals surface area (Å²) in [5.74, 6) is 1.66. The van der Waals surface area contributed by atoms with Crippen LogP contribution in [0.15, 0.2) is 39.8 Å². The Bertz CT molecular complexity index is 962. The zero-order valence-electron chi connectivity index (χ0n) is 15.1. The largest absolute Gasteiger partial charge is 0.338 e. The van der Waals surface area contributed by atoms with Crippen molar-refractivity contribution in [2.45, 2.75) is 51.6 Å². The highest BCUT2D eigenvalue weighted by atomic mass is 16.5. The topological polar surface area (TPSA) is 76.5 Å². The first-order valence-corrected chi connectivity index (χ1v) is 9.16. The predicted molar refractivity (Wildman–Crippen MR) is 96.9 cm³/mol. The molecule has 0 bridgehead atoms. The Hall–Kier alpha value is -2.54. The number of aromatic nitrogens is 4. The van der Waals surface area contributed by atoms with Gasteiger partial charge < -0.3 is 4.52 Å². The minimum atomic E-state index is -0.0564. The molecule has 1 unspecified atom stereocenters. The van der Waals surface area contributed by atoms with Gasteiger partial charge in [0.25, 0.3) is 5.56 Å². The van der Waals surface area contributed by atoms with Gasteiger partial charge in [-0.15, -0.1) is 0 Å². The molecule has 3 aromatic heterocycles. The Kier molecular flexibility index (Phi) is 4.55. The molecule has 0 saturated carbocycles. The Labute approximate surface area is 151 Å². The molecule has 0 amide bonds. The summed E-state index contributed by atoms with van der Waals surface area (Å²) in [6, 6.07) is 7.27. The van der Waals surface area contributed by atoms with Crippen LogP contribution in [0.3, 0.4) is 0 Å². The monoisotopic (exact) mass is 353 g/mol. The molecule has 0 aromatic carbocycles. The fourth-order valence-electron chi connectivity index (χ4n) is 3.47. The summed E-state index contributed by atoms with van der Waals surface area (Å²) in [5, 5.41) is 4.11. The van der Waals surface area contributed by atoms with E-state index in [4.69, 9.17) is 4.52 Å². The zero-order valence-corrected chi connectivity index (χ0v) is 15.1. The van der Waals surface area contributed by atoms with Crippen LogP contribution in [0.2, 0.25) is 0 Å². The molecule has 0 aliphatic carbocycles. The van der Waals surface area contributed by atoms with Gasteiger partial charge in [-0.05, 0) is 31.5 Å². The van der Waals surface area contributed by atoms with E-state index in [0.29, 0.717) is 18.1 Å². The highest BCUT2D eigenvalue weighted by Gasteiger charge is 2.29. The van der Waals surface area contributed by atoms with E-state index in [1.807, 2.05) is 18.2 Å². The standard InChI is InChI=1S/C19H23N5O2/c1-13(2)18-21-19(26-22-18)15-7-3-5-9-23(15)12-14-11-17(25)24-10-6-4-8-16(24)20-14/h4,6,8,10-11,13,15H,3,5,7,9,12H2,1-2H3. The second kappa shape index (κ2) is 6.99. The van der Waals surface area contributed by atoms with Gasteiger partial charge in [0, 0.05) is 24.7 Å². The van der Waals surface area contributed by atoms with Crippen molar-refractivity contribution in [1.82, 2.24) is 24.4 Å². The van der Waals surface area contributed by atoms with E-state index in [-0.39, 0.29) is 17.5 Å². The highest BCUT2D eigenvalue weighted by molar-refractivity contribution is 5.38. The number of nitrogens with zero attached hydrogens (tertiary/aromatic N) is 5. The lowest BCUT2D eigenvalue weighted by molar-refractivity contribution is 0.110. The van der Waals surface area contributed by atoms with Gasteiger partial charge in [0.05, 0.1) is 11.7 Å². The normalized spacial score (nSPS) is 18.7. The first kappa shape index (κ1) is 16.9. The van der Waals surface area contributed by atoms with Crippen LogP contribution in [0.4, 0.5) is 0 Å². The fourth-order valence-corrected chi connectivity index (χ4v) is 3.47. The second-order valence-corrected chi connectivity index (χ2v) is 7.14. The van der Waals surface area contributed by atoms with Crippen molar-refractivity contribution in [2.24, 2.45) is 0 Å². The third kappa shape index (κ3) is 3.26. The summed E-state index contributed by atoms with van der Waals surface area (Å²) in [6.45, 7) is 5.64. The van der Waals surface area contributed by atoms with Gasteiger partial charge in [-0.2, -0.15) is 4.98 Å². The Balaban J connectivity index is 1.61. The van der Waals surface area contributed by atoms with E-state index in [1.165, 1.54) is 0 Å². The van der Waals surface area contributed by atoms with E-state index < -0.39 is 0 Å². The van der Waals surface area contributed by atoms with Gasteiger partial charge in [0.15, 0.2) is 5.82 Å². The summed E-state index contributed by atoms with van der Waals surface area (Å²) >= 11 is 0. The number of pyridine rings is 1. The van der Waals surface area contributed by atoms with Gasteiger partial charge >= 0.3 is 0 Å². The van der Waals surface area contributed by atoms with Crippen LogP contribution in [0.5, 0.6) is 0 Å². The lowest BCUT2D eigenvalue weighted by Gasteiger charge is -2.32. The van der Waals surface area contributed by atoms with Crippen molar-refractivity contribution >= 4 is 5.65 Å². The molecule has 4 rings (SSSR count). The lowest BCUT2D eigenvalue weighted by Crippen LogP contribution is -2.34. The molecule has 0 radical (unpaired) electrons. The van der Waals surface area contributed by atoms with Gasteiger partial charge in [-0.1, -0.05) is 31.5 Å². The van der Waals surface area contributed by atoms with E-state index in [9.17, 15) is 4.79 Å². The minimum Gasteiger partial charge on any atom is -0.338 e. The van der Waals surface area contributed by atoms with Crippen molar-refractivity contribution < 1.29 is 4.52 Å². The van der Waals surface area contributed by atoms with Crippen LogP contribution >= 0.6 is 0 Å². The quantitative estimate of drug-likeness (QED) is 0.718. The predicted octanol–water partition coefficient (Wildman–Crippen LogP) is 2.93. The summed E-state index contributed by atoms with van der Waals surface area (Å²) in [7, 11) is 0. The molecule has 26 heavy (non-hydrogen) atoms. The molecule has 1 atom stereocenters. The Morgan fingerprint density at radius 3 is 2.96 bits per heavy atom. The SMILES string of the molecule is CC(C)c1noc(C2CCCCN2Cc2cc(=O)n3ccccc3n2)n1. The number of hydrogen-bond donors (Lipinski definition) is 0. The van der Waals surface area contributed by atoms with Crippen molar-refractivity contribution in [3.05, 3.63) is 58.2 Å². The van der Waals surface area contributed by atoms with E-state index in [0.717, 1.165) is 37.3 Å². The number of hydrogen-bond acceptors (Lipinski definition) is 6. The van der Waals surface area contributed by atoms with Crippen LogP contribution in [0.1, 0.15) is 62.5 Å². The molecular formula is C19H23N5O2. The van der Waals surface area contributed by atoms with Gasteiger partial charge in [0.1, 0.15) is 5.65 Å². The summed E-state index contributed by atoms with van der Waals surface area (Å²) in [4.78, 5) is 23.9. The first-order chi connectivity index (χ1) is 12.6. The summed E-state index contributed by atoms with van der Waals surface area (Å²) in [6.07, 6.45) is 4.97. The van der Waals surface area contributed by atoms with Crippen molar-refractivity contribution in [1.29, 1.82) is 0 Å². The molecule has 4 heterocycles. The summed E-state index contributed by atoms with van der Waals surface area (Å²) < 4.78 is 7.10. The highest BCUT2D eigenvalue weighted by Crippen LogP contribution is 2.31. The maximum absolute atomic E-state index is 12.3. The van der Waals surface area contributed by atoms with Crippen molar-refractivity contribution in [3.8, 4) is 0 Å². The maximum Gasteiger partial charge on any atom is 0.258 e. The molecule has 1 saturated heterocycles. The minimum absolute atomic E-state index is 0.0564. The molecule has 1 fully saturated rings. The van der Waals surface area contributed by atoms with E-state index >= 15 is 0 Å². The number of piperidine rings is 1. The molecule has 7 heteroatoms. The number of likely N-dealkylation sites (tertiary alicyclic amines) is 1. The van der Waals surface area contributed by atoms with Crippen LogP contribution in [0.25, 0.3) is 5.65 Å². The fraction of sp³-hybridized carbons (Fsp3) is 0.474. The number of fused-ring (bicyclic) bond motifs is 1. The molecule has 1 aliphatic rings. The molecule has 7 nitrogen and oxygen atoms in total. The van der Waals surface area contributed by atoms with Gasteiger partial charge in [-0.3, -0.25) is 14.1 Å². The molecular weight excluding hydrogens is 330 g/mol. The number of rotatable bonds is 4. The maximum atomic E-state index is 12.3. The second-order valence-electron chi connectivity index (χ2n) is 7.14. The third-order valence-electron chi connectivity index (χ3n) is 4.86. The average Bonchev–Trinajstić information content (AvgIpc) is 3.12. The van der Waals surface area contributed by atoms with Gasteiger partial charge in [0.2, 0.25) is 5.89 Å². The van der Waals surface area contributed by atoms with Crippen molar-refractivity contribution in [2.75, 3.05) is 6.54 Å². The molecule has 0 N–H and O–H groups in total. The molecule has 136 valence electrons. The Morgan fingerprint density at radius 2 is 2.15 bits per heavy atom. The smallest absolute Gasteiger partial charge is 0.258 e. The van der Waals surface area contributed by atoms with Crippen molar-refractivity contribution in [3.63, 3.8) is 0 Å². The first-order valence-electron chi connectivity index (χ1n) is 9.16. The van der Waals surface area contributed by atoms with Crippen LogP contribution < -0.4 is 5.56 Å². The molecule has 1 aliphatic heterocycles. The molecule has 0 spiro atoms. The van der Waals surface area contributed by atoms with E-state index in [2.05, 4.69) is 33.9 Å². The zero-order chi connectivity index (χ0) is 18.1. The van der Waals surface area contributed by atoms with Crippen LogP contribution in [-0.4, -0.2) is 31.0 Å².